The van der Waals surface area contributed by atoms with E-state index in [4.69, 9.17) is 15.4 Å². The van der Waals surface area contributed by atoms with Gasteiger partial charge in [0.05, 0.1) is 19.1 Å². The van der Waals surface area contributed by atoms with Gasteiger partial charge in [-0.3, -0.25) is 0 Å². The number of aliphatic hydroxyl groups is 1. The van der Waals surface area contributed by atoms with Crippen LogP contribution in [-0.4, -0.2) is 21.9 Å². The molecule has 0 radical (unpaired) electrons. The van der Waals surface area contributed by atoms with Gasteiger partial charge in [0.15, 0.2) is 5.82 Å². The topological polar surface area (TPSA) is 85.2 Å². The third-order valence-corrected chi connectivity index (χ3v) is 2.49. The Kier molecular flexibility index (Phi) is 3.51. The number of aromatic nitrogens is 2. The van der Waals surface area contributed by atoms with Crippen molar-refractivity contribution in [3.63, 3.8) is 0 Å². The van der Waals surface area contributed by atoms with Crippen molar-refractivity contribution in [3.05, 3.63) is 47.1 Å². The van der Waals surface area contributed by atoms with Crippen molar-refractivity contribution in [2.24, 2.45) is 5.73 Å². The fraction of sp³-hybridized carbons (Fsp3) is 0.333. The Hall–Kier alpha value is -1.72. The van der Waals surface area contributed by atoms with Crippen LogP contribution in [0.1, 0.15) is 28.9 Å². The van der Waals surface area contributed by atoms with Crippen LogP contribution in [0, 0.1) is 6.92 Å². The first-order valence-electron chi connectivity index (χ1n) is 5.43. The van der Waals surface area contributed by atoms with Crippen molar-refractivity contribution in [1.82, 2.24) is 10.1 Å². The van der Waals surface area contributed by atoms with Gasteiger partial charge in [-0.25, -0.2) is 0 Å². The van der Waals surface area contributed by atoms with E-state index in [0.717, 1.165) is 5.56 Å². The largest absolute Gasteiger partial charge is 0.394 e. The molecule has 17 heavy (non-hydrogen) atoms. The van der Waals surface area contributed by atoms with Gasteiger partial charge in [-0.2, -0.15) is 4.98 Å². The highest BCUT2D eigenvalue weighted by Gasteiger charge is 2.13. The van der Waals surface area contributed by atoms with Crippen LogP contribution in [0.15, 0.2) is 28.8 Å². The zero-order valence-corrected chi connectivity index (χ0v) is 9.63. The van der Waals surface area contributed by atoms with Gasteiger partial charge in [0.2, 0.25) is 5.89 Å². The molecule has 90 valence electrons. The van der Waals surface area contributed by atoms with Crippen LogP contribution in [-0.2, 0) is 6.42 Å². The maximum absolute atomic E-state index is 8.87. The fourth-order valence-electron chi connectivity index (χ4n) is 1.45. The second-order valence-electron chi connectivity index (χ2n) is 4.00. The van der Waals surface area contributed by atoms with Gasteiger partial charge in [0.25, 0.3) is 0 Å². The summed E-state index contributed by atoms with van der Waals surface area (Å²) in [7, 11) is 0. The molecule has 1 heterocycles. The normalized spacial score (nSPS) is 12.6. The van der Waals surface area contributed by atoms with Crippen LogP contribution in [0.4, 0.5) is 0 Å². The molecule has 0 aliphatic carbocycles. The molecule has 0 saturated carbocycles. The summed E-state index contributed by atoms with van der Waals surface area (Å²) in [6, 6.07) is 7.53. The standard InChI is InChI=1S/C12H15N3O2/c1-8-2-4-9(5-3-8)6-11-14-12(15-17-11)10(13)7-16/h2-5,10,16H,6-7,13H2,1H3. The molecule has 5 heteroatoms. The van der Waals surface area contributed by atoms with Crippen LogP contribution in [0.25, 0.3) is 0 Å². The second-order valence-corrected chi connectivity index (χ2v) is 4.00. The summed E-state index contributed by atoms with van der Waals surface area (Å²) >= 11 is 0. The van der Waals surface area contributed by atoms with E-state index in [1.807, 2.05) is 31.2 Å². The number of aryl methyl sites for hydroxylation is 1. The average Bonchev–Trinajstić information content (AvgIpc) is 2.80. The first kappa shape index (κ1) is 11.8. The van der Waals surface area contributed by atoms with Crippen LogP contribution < -0.4 is 5.73 Å². The van der Waals surface area contributed by atoms with Crippen LogP contribution in [0.5, 0.6) is 0 Å². The van der Waals surface area contributed by atoms with E-state index in [1.54, 1.807) is 0 Å². The number of rotatable bonds is 4. The summed E-state index contributed by atoms with van der Waals surface area (Å²) in [6.45, 7) is 1.85. The molecule has 1 unspecified atom stereocenters. The summed E-state index contributed by atoms with van der Waals surface area (Å²) in [5.74, 6) is 0.849. The Balaban J connectivity index is 2.08. The van der Waals surface area contributed by atoms with Gasteiger partial charge in [0, 0.05) is 0 Å². The highest BCUT2D eigenvalue weighted by molar-refractivity contribution is 5.23. The third-order valence-electron chi connectivity index (χ3n) is 2.49. The minimum atomic E-state index is -0.578. The number of hydrogen-bond donors (Lipinski definition) is 2. The van der Waals surface area contributed by atoms with Crippen molar-refractivity contribution in [1.29, 1.82) is 0 Å². The quantitative estimate of drug-likeness (QED) is 0.821. The van der Waals surface area contributed by atoms with Crippen molar-refractivity contribution in [3.8, 4) is 0 Å². The molecular formula is C12H15N3O2. The van der Waals surface area contributed by atoms with Crippen molar-refractivity contribution in [2.45, 2.75) is 19.4 Å². The Bertz CT molecular complexity index is 479. The van der Waals surface area contributed by atoms with E-state index < -0.39 is 6.04 Å². The maximum Gasteiger partial charge on any atom is 0.231 e. The molecule has 3 N–H and O–H groups in total. The minimum absolute atomic E-state index is 0.191. The summed E-state index contributed by atoms with van der Waals surface area (Å²) in [4.78, 5) is 4.14. The van der Waals surface area contributed by atoms with E-state index in [0.29, 0.717) is 18.1 Å². The molecule has 0 aliphatic rings. The van der Waals surface area contributed by atoms with Gasteiger partial charge in [0.1, 0.15) is 0 Å². The number of aliphatic hydroxyl groups excluding tert-OH is 1. The molecule has 5 nitrogen and oxygen atoms in total. The predicted molar refractivity (Wildman–Crippen MR) is 62.3 cm³/mol. The Morgan fingerprint density at radius 3 is 2.71 bits per heavy atom. The average molecular weight is 233 g/mol. The van der Waals surface area contributed by atoms with Crippen LogP contribution in [0.3, 0.4) is 0 Å². The molecule has 1 aromatic carbocycles. The highest BCUT2D eigenvalue weighted by Crippen LogP contribution is 2.11. The lowest BCUT2D eigenvalue weighted by atomic mass is 10.1. The van der Waals surface area contributed by atoms with E-state index in [2.05, 4.69) is 10.1 Å². The fourth-order valence-corrected chi connectivity index (χ4v) is 1.45. The number of nitrogens with two attached hydrogens (primary N) is 1. The van der Waals surface area contributed by atoms with E-state index >= 15 is 0 Å². The van der Waals surface area contributed by atoms with Crippen molar-refractivity contribution < 1.29 is 9.63 Å². The Labute approximate surface area is 99.3 Å². The zero-order chi connectivity index (χ0) is 12.3. The molecule has 1 atom stereocenters. The Morgan fingerprint density at radius 2 is 2.06 bits per heavy atom. The molecule has 0 amide bonds. The first-order valence-corrected chi connectivity index (χ1v) is 5.43. The first-order chi connectivity index (χ1) is 8.19. The molecule has 2 rings (SSSR count). The predicted octanol–water partition coefficient (Wildman–Crippen LogP) is 0.961. The van der Waals surface area contributed by atoms with Gasteiger partial charge >= 0.3 is 0 Å². The summed E-state index contributed by atoms with van der Waals surface area (Å²) < 4.78 is 5.07. The lowest BCUT2D eigenvalue weighted by Crippen LogP contribution is -2.16. The van der Waals surface area contributed by atoms with Gasteiger partial charge in [-0.1, -0.05) is 35.0 Å². The highest BCUT2D eigenvalue weighted by atomic mass is 16.5. The minimum Gasteiger partial charge on any atom is -0.394 e. The Morgan fingerprint density at radius 1 is 1.35 bits per heavy atom. The third kappa shape index (κ3) is 2.89. The number of benzene rings is 1. The van der Waals surface area contributed by atoms with Gasteiger partial charge in [-0.05, 0) is 12.5 Å². The smallest absolute Gasteiger partial charge is 0.231 e. The molecule has 2 aromatic rings. The summed E-state index contributed by atoms with van der Waals surface area (Å²) in [5, 5.41) is 12.6. The molecular weight excluding hydrogens is 218 g/mol. The van der Waals surface area contributed by atoms with Gasteiger partial charge < -0.3 is 15.4 Å². The molecule has 0 saturated heterocycles. The summed E-state index contributed by atoms with van der Waals surface area (Å²) in [6.07, 6.45) is 0.575. The van der Waals surface area contributed by atoms with Crippen molar-refractivity contribution in [2.75, 3.05) is 6.61 Å². The maximum atomic E-state index is 8.87. The lowest BCUT2D eigenvalue weighted by Gasteiger charge is -1.99. The van der Waals surface area contributed by atoms with Crippen molar-refractivity contribution >= 4 is 0 Å². The van der Waals surface area contributed by atoms with Gasteiger partial charge in [-0.15, -0.1) is 0 Å². The molecule has 0 fully saturated rings. The second kappa shape index (κ2) is 5.07. The molecule has 0 spiro atoms. The van der Waals surface area contributed by atoms with Crippen LogP contribution >= 0.6 is 0 Å². The molecule has 0 aliphatic heterocycles. The monoisotopic (exact) mass is 233 g/mol. The van der Waals surface area contributed by atoms with E-state index in [-0.39, 0.29) is 6.61 Å². The lowest BCUT2D eigenvalue weighted by molar-refractivity contribution is 0.259. The molecule has 1 aromatic heterocycles. The zero-order valence-electron chi connectivity index (χ0n) is 9.63. The van der Waals surface area contributed by atoms with E-state index in [9.17, 15) is 0 Å². The van der Waals surface area contributed by atoms with Crippen LogP contribution in [0.2, 0.25) is 0 Å². The molecule has 0 bridgehead atoms. The summed E-state index contributed by atoms with van der Waals surface area (Å²) in [5.41, 5.74) is 7.90. The van der Waals surface area contributed by atoms with E-state index in [1.165, 1.54) is 5.56 Å². The number of hydrogen-bond acceptors (Lipinski definition) is 5. The number of nitrogens with zero attached hydrogens (tertiary/aromatic N) is 2. The SMILES string of the molecule is Cc1ccc(Cc2nc(C(N)CO)no2)cc1.